The van der Waals surface area contributed by atoms with Gasteiger partial charge in [0.2, 0.25) is 15.9 Å². The van der Waals surface area contributed by atoms with E-state index in [0.29, 0.717) is 13.1 Å². The van der Waals surface area contributed by atoms with E-state index in [-0.39, 0.29) is 17.2 Å². The molecule has 1 aromatic carbocycles. The fourth-order valence-electron chi connectivity index (χ4n) is 2.27. The van der Waals surface area contributed by atoms with Crippen LogP contribution in [0.25, 0.3) is 0 Å². The number of sulfonamides is 1. The molecule has 0 spiro atoms. The summed E-state index contributed by atoms with van der Waals surface area (Å²) in [5.74, 6) is -0.0173. The highest BCUT2D eigenvalue weighted by molar-refractivity contribution is 7.89. The zero-order chi connectivity index (χ0) is 15.5. The van der Waals surface area contributed by atoms with Gasteiger partial charge in [-0.05, 0) is 36.7 Å². The molecule has 0 unspecified atom stereocenters. The largest absolute Gasteiger partial charge is 0.315 e. The molecule has 2 N–H and O–H groups in total. The highest BCUT2D eigenvalue weighted by Gasteiger charge is 2.26. The van der Waals surface area contributed by atoms with Crippen LogP contribution in [-0.2, 0) is 21.2 Å². The summed E-state index contributed by atoms with van der Waals surface area (Å²) in [6, 6.07) is 4.80. The topological polar surface area (TPSA) is 78.5 Å². The average molecular weight is 311 g/mol. The zero-order valence-electron chi connectivity index (χ0n) is 12.3. The summed E-state index contributed by atoms with van der Waals surface area (Å²) in [7, 11) is -1.83. The molecule has 6 nitrogen and oxygen atoms in total. The van der Waals surface area contributed by atoms with Gasteiger partial charge in [-0.3, -0.25) is 4.79 Å². The number of anilines is 1. The Kier molecular flexibility index (Phi) is 4.97. The molecule has 0 aliphatic carbocycles. The summed E-state index contributed by atoms with van der Waals surface area (Å²) >= 11 is 0. The van der Waals surface area contributed by atoms with Gasteiger partial charge < -0.3 is 10.2 Å². The third kappa shape index (κ3) is 3.61. The summed E-state index contributed by atoms with van der Waals surface area (Å²) in [6.45, 7) is 3.87. The molecular formula is C14H21N3O3S. The van der Waals surface area contributed by atoms with Crippen molar-refractivity contribution in [3.63, 3.8) is 0 Å². The fourth-order valence-corrected chi connectivity index (χ4v) is 3.35. The lowest BCUT2D eigenvalue weighted by Crippen LogP contribution is -2.32. The highest BCUT2D eigenvalue weighted by Crippen LogP contribution is 2.29. The number of fused-ring (bicyclic) bond motifs is 1. The van der Waals surface area contributed by atoms with Crippen LogP contribution in [0.4, 0.5) is 5.69 Å². The van der Waals surface area contributed by atoms with Crippen LogP contribution in [0.3, 0.4) is 0 Å². The predicted octanol–water partition coefficient (Wildman–Crippen LogP) is 0.483. The maximum absolute atomic E-state index is 12.2. The number of benzene rings is 1. The van der Waals surface area contributed by atoms with Crippen LogP contribution in [0, 0.1) is 0 Å². The Morgan fingerprint density at radius 2 is 2.00 bits per heavy atom. The third-order valence-electron chi connectivity index (χ3n) is 3.46. The van der Waals surface area contributed by atoms with Crippen LogP contribution in [0.2, 0.25) is 0 Å². The van der Waals surface area contributed by atoms with Crippen LogP contribution < -0.4 is 14.9 Å². The van der Waals surface area contributed by atoms with Crippen LogP contribution in [0.5, 0.6) is 0 Å². The van der Waals surface area contributed by atoms with Gasteiger partial charge in [0.1, 0.15) is 0 Å². The van der Waals surface area contributed by atoms with Gasteiger partial charge >= 0.3 is 0 Å². The van der Waals surface area contributed by atoms with Crippen molar-refractivity contribution in [3.05, 3.63) is 23.8 Å². The second-order valence-electron chi connectivity index (χ2n) is 5.07. The molecule has 1 amide bonds. The Morgan fingerprint density at radius 3 is 2.71 bits per heavy atom. The molecule has 0 fully saturated rings. The number of amides is 1. The van der Waals surface area contributed by atoms with Crippen LogP contribution in [-0.4, -0.2) is 41.0 Å². The first-order valence-electron chi connectivity index (χ1n) is 7.05. The van der Waals surface area contributed by atoms with Gasteiger partial charge in [0, 0.05) is 25.8 Å². The minimum atomic E-state index is -3.52. The maximum Gasteiger partial charge on any atom is 0.240 e. The number of hydrogen-bond acceptors (Lipinski definition) is 4. The first kappa shape index (κ1) is 15.9. The monoisotopic (exact) mass is 311 g/mol. The van der Waals surface area contributed by atoms with Gasteiger partial charge in [0.25, 0.3) is 0 Å². The zero-order valence-corrected chi connectivity index (χ0v) is 13.2. The van der Waals surface area contributed by atoms with E-state index in [1.807, 2.05) is 0 Å². The Bertz CT molecular complexity index is 628. The molecule has 7 heteroatoms. The predicted molar refractivity (Wildman–Crippen MR) is 81.9 cm³/mol. The molecule has 1 aliphatic rings. The minimum Gasteiger partial charge on any atom is -0.315 e. The summed E-state index contributed by atoms with van der Waals surface area (Å²) in [5, 5.41) is 3.13. The molecule has 1 aromatic rings. The lowest BCUT2D eigenvalue weighted by Gasteiger charge is -2.11. The van der Waals surface area contributed by atoms with Gasteiger partial charge in [-0.2, -0.15) is 0 Å². The normalized spacial score (nSPS) is 14.6. The molecule has 0 saturated carbocycles. The van der Waals surface area contributed by atoms with Gasteiger partial charge in [-0.15, -0.1) is 0 Å². The first-order valence-corrected chi connectivity index (χ1v) is 8.54. The van der Waals surface area contributed by atoms with Crippen LogP contribution in [0.1, 0.15) is 18.9 Å². The molecule has 0 saturated heterocycles. The number of nitrogens with one attached hydrogen (secondary N) is 2. The smallest absolute Gasteiger partial charge is 0.240 e. The summed E-state index contributed by atoms with van der Waals surface area (Å²) in [4.78, 5) is 13.4. The first-order chi connectivity index (χ1) is 9.95. The Labute approximate surface area is 125 Å². The maximum atomic E-state index is 12.2. The SMILES string of the molecule is CCCNCCNS(=O)(=O)c1ccc2c(c1)CC(=O)N2C. The van der Waals surface area contributed by atoms with Crippen molar-refractivity contribution < 1.29 is 13.2 Å². The third-order valence-corrected chi connectivity index (χ3v) is 4.92. The minimum absolute atomic E-state index is 0.0173. The number of rotatable bonds is 7. The quantitative estimate of drug-likeness (QED) is 0.718. The highest BCUT2D eigenvalue weighted by atomic mass is 32.2. The lowest BCUT2D eigenvalue weighted by molar-refractivity contribution is -0.117. The number of carbonyl (C=O) groups excluding carboxylic acids is 1. The van der Waals surface area contributed by atoms with Crippen molar-refractivity contribution in [1.82, 2.24) is 10.0 Å². The van der Waals surface area contributed by atoms with E-state index in [1.54, 1.807) is 24.1 Å². The number of likely N-dealkylation sites (N-methyl/N-ethyl adjacent to an activating group) is 1. The Balaban J connectivity index is 2.05. The van der Waals surface area contributed by atoms with Crippen molar-refractivity contribution in [2.24, 2.45) is 0 Å². The van der Waals surface area contributed by atoms with E-state index >= 15 is 0 Å². The van der Waals surface area contributed by atoms with Gasteiger partial charge in [-0.1, -0.05) is 6.92 Å². The molecule has 21 heavy (non-hydrogen) atoms. The van der Waals surface area contributed by atoms with E-state index in [9.17, 15) is 13.2 Å². The van der Waals surface area contributed by atoms with Crippen molar-refractivity contribution in [2.75, 3.05) is 31.6 Å². The number of carbonyl (C=O) groups is 1. The van der Waals surface area contributed by atoms with Crippen molar-refractivity contribution in [2.45, 2.75) is 24.7 Å². The van der Waals surface area contributed by atoms with Gasteiger partial charge in [0.05, 0.1) is 11.3 Å². The van der Waals surface area contributed by atoms with E-state index in [2.05, 4.69) is 17.0 Å². The number of hydrogen-bond donors (Lipinski definition) is 2. The molecule has 0 atom stereocenters. The molecule has 0 radical (unpaired) electrons. The Hall–Kier alpha value is -1.44. The average Bonchev–Trinajstić information content (AvgIpc) is 2.73. The van der Waals surface area contributed by atoms with E-state index in [1.165, 1.54) is 6.07 Å². The van der Waals surface area contributed by atoms with E-state index < -0.39 is 10.0 Å². The van der Waals surface area contributed by atoms with Gasteiger partial charge in [-0.25, -0.2) is 13.1 Å². The summed E-state index contributed by atoms with van der Waals surface area (Å²) in [6.07, 6.45) is 1.27. The van der Waals surface area contributed by atoms with Crippen molar-refractivity contribution in [3.8, 4) is 0 Å². The second kappa shape index (κ2) is 6.55. The van der Waals surface area contributed by atoms with Crippen LogP contribution >= 0.6 is 0 Å². The molecular weight excluding hydrogens is 290 g/mol. The molecule has 2 rings (SSSR count). The van der Waals surface area contributed by atoms with Gasteiger partial charge in [0.15, 0.2) is 0 Å². The van der Waals surface area contributed by atoms with Crippen LogP contribution in [0.15, 0.2) is 23.1 Å². The van der Waals surface area contributed by atoms with E-state index in [4.69, 9.17) is 0 Å². The second-order valence-corrected chi connectivity index (χ2v) is 6.83. The standard InChI is InChI=1S/C14H21N3O3S/c1-3-6-15-7-8-16-21(19,20)12-4-5-13-11(9-12)10-14(18)17(13)2/h4-5,9,15-16H,3,6-8,10H2,1-2H3. The lowest BCUT2D eigenvalue weighted by atomic mass is 10.2. The molecule has 0 aromatic heterocycles. The molecule has 116 valence electrons. The summed E-state index contributed by atoms with van der Waals surface area (Å²) < 4.78 is 26.9. The molecule has 1 aliphatic heterocycles. The number of nitrogens with zero attached hydrogens (tertiary/aromatic N) is 1. The molecule has 1 heterocycles. The molecule has 0 bridgehead atoms. The fraction of sp³-hybridized carbons (Fsp3) is 0.500. The van der Waals surface area contributed by atoms with Crippen molar-refractivity contribution >= 4 is 21.6 Å². The van der Waals surface area contributed by atoms with E-state index in [0.717, 1.165) is 24.2 Å². The summed E-state index contributed by atoms with van der Waals surface area (Å²) in [5.41, 5.74) is 1.54. The Morgan fingerprint density at radius 1 is 1.24 bits per heavy atom. The van der Waals surface area contributed by atoms with Crippen molar-refractivity contribution in [1.29, 1.82) is 0 Å².